The summed E-state index contributed by atoms with van der Waals surface area (Å²) in [5, 5.41) is 19.8. The summed E-state index contributed by atoms with van der Waals surface area (Å²) in [5.74, 6) is -0.659. The van der Waals surface area contributed by atoms with Crippen LogP contribution >= 0.6 is 0 Å². The number of hydrogen-bond donors (Lipinski definition) is 3. The average Bonchev–Trinajstić information content (AvgIpc) is 2.90. The highest BCUT2D eigenvalue weighted by molar-refractivity contribution is 6.04. The lowest BCUT2D eigenvalue weighted by Crippen LogP contribution is -1.95. The van der Waals surface area contributed by atoms with E-state index in [2.05, 4.69) is 9.98 Å². The number of aliphatic imine (C=N–C) groups is 1. The van der Waals surface area contributed by atoms with Crippen molar-refractivity contribution in [2.24, 2.45) is 4.99 Å². The molecular weight excluding hydrogens is 316 g/mol. The van der Waals surface area contributed by atoms with Gasteiger partial charge in [0.05, 0.1) is 11.3 Å². The number of aryl methyl sites for hydroxylation is 2. The molecule has 2 aromatic carbocycles. The standard InChI is InChI=1S/C20H20N2O3/c1-13-4-2-6-17-19(13)16(20(25)22-17)12-21-15-10-8-14(9-11-15)5-3-7-18(23)24/h2,4,6,8-12,22,25H,3,5,7H2,1H3,(H,23,24). The zero-order chi connectivity index (χ0) is 17.8. The van der Waals surface area contributed by atoms with Gasteiger partial charge < -0.3 is 15.2 Å². The van der Waals surface area contributed by atoms with Crippen LogP contribution in [0, 0.1) is 6.92 Å². The van der Waals surface area contributed by atoms with Gasteiger partial charge in [0.25, 0.3) is 0 Å². The number of hydrogen-bond acceptors (Lipinski definition) is 3. The molecule has 0 saturated carbocycles. The van der Waals surface area contributed by atoms with Gasteiger partial charge in [0.1, 0.15) is 0 Å². The van der Waals surface area contributed by atoms with E-state index in [1.165, 1.54) is 0 Å². The fraction of sp³-hybridized carbons (Fsp3) is 0.200. The molecule has 0 aliphatic rings. The van der Waals surface area contributed by atoms with Gasteiger partial charge in [0.15, 0.2) is 5.88 Å². The van der Waals surface area contributed by atoms with Crippen molar-refractivity contribution in [3.8, 4) is 5.88 Å². The Labute approximate surface area is 145 Å². The second-order valence-corrected chi connectivity index (χ2v) is 6.06. The van der Waals surface area contributed by atoms with Gasteiger partial charge in [-0.05, 0) is 49.1 Å². The summed E-state index contributed by atoms with van der Waals surface area (Å²) >= 11 is 0. The highest BCUT2D eigenvalue weighted by Gasteiger charge is 2.10. The molecule has 5 heteroatoms. The van der Waals surface area contributed by atoms with Gasteiger partial charge in [0, 0.05) is 23.5 Å². The van der Waals surface area contributed by atoms with E-state index in [9.17, 15) is 9.90 Å². The van der Waals surface area contributed by atoms with E-state index >= 15 is 0 Å². The molecule has 0 amide bonds. The minimum atomic E-state index is -0.768. The van der Waals surface area contributed by atoms with Crippen LogP contribution < -0.4 is 0 Å². The molecule has 0 aliphatic heterocycles. The second-order valence-electron chi connectivity index (χ2n) is 6.06. The minimum absolute atomic E-state index is 0.110. The molecule has 0 spiro atoms. The Kier molecular flexibility index (Phi) is 4.84. The normalized spacial score (nSPS) is 11.4. The van der Waals surface area contributed by atoms with E-state index in [4.69, 9.17) is 5.11 Å². The van der Waals surface area contributed by atoms with Crippen molar-refractivity contribution < 1.29 is 15.0 Å². The fourth-order valence-electron chi connectivity index (χ4n) is 2.90. The van der Waals surface area contributed by atoms with E-state index in [1.807, 2.05) is 49.4 Å². The molecule has 0 atom stereocenters. The molecule has 0 fully saturated rings. The molecule has 5 nitrogen and oxygen atoms in total. The molecule has 3 N–H and O–H groups in total. The number of fused-ring (bicyclic) bond motifs is 1. The first-order valence-corrected chi connectivity index (χ1v) is 8.19. The molecule has 25 heavy (non-hydrogen) atoms. The van der Waals surface area contributed by atoms with Crippen LogP contribution in [0.2, 0.25) is 0 Å². The summed E-state index contributed by atoms with van der Waals surface area (Å²) in [6, 6.07) is 13.6. The van der Waals surface area contributed by atoms with Crippen LogP contribution in [0.25, 0.3) is 10.9 Å². The number of benzene rings is 2. The Hall–Kier alpha value is -3.08. The lowest BCUT2D eigenvalue weighted by molar-refractivity contribution is -0.137. The first-order chi connectivity index (χ1) is 12.0. The van der Waals surface area contributed by atoms with Crippen LogP contribution in [-0.2, 0) is 11.2 Å². The highest BCUT2D eigenvalue weighted by Crippen LogP contribution is 2.28. The summed E-state index contributed by atoms with van der Waals surface area (Å²) < 4.78 is 0. The number of nitrogens with zero attached hydrogens (tertiary/aromatic N) is 1. The van der Waals surface area contributed by atoms with E-state index in [0.717, 1.165) is 34.1 Å². The molecule has 0 aliphatic carbocycles. The summed E-state index contributed by atoms with van der Waals surface area (Å²) in [6.07, 6.45) is 3.21. The van der Waals surface area contributed by atoms with Gasteiger partial charge in [-0.2, -0.15) is 0 Å². The van der Waals surface area contributed by atoms with E-state index in [-0.39, 0.29) is 12.3 Å². The summed E-state index contributed by atoms with van der Waals surface area (Å²) in [6.45, 7) is 2.00. The Morgan fingerprint density at radius 3 is 2.68 bits per heavy atom. The van der Waals surface area contributed by atoms with Gasteiger partial charge in [-0.1, -0.05) is 24.3 Å². The molecule has 1 heterocycles. The molecule has 0 radical (unpaired) electrons. The van der Waals surface area contributed by atoms with Crippen molar-refractivity contribution in [1.29, 1.82) is 0 Å². The Balaban J connectivity index is 1.76. The lowest BCUT2D eigenvalue weighted by atomic mass is 10.1. The zero-order valence-corrected chi connectivity index (χ0v) is 14.0. The monoisotopic (exact) mass is 336 g/mol. The quantitative estimate of drug-likeness (QED) is 0.585. The maximum absolute atomic E-state index is 10.5. The number of nitrogens with one attached hydrogen (secondary N) is 1. The SMILES string of the molecule is Cc1cccc2[nH]c(O)c(C=Nc3ccc(CCCC(=O)O)cc3)c12. The van der Waals surface area contributed by atoms with Crippen molar-refractivity contribution in [3.63, 3.8) is 0 Å². The molecule has 1 aromatic heterocycles. The number of aromatic amines is 1. The number of H-pyrrole nitrogens is 1. The van der Waals surface area contributed by atoms with Crippen LogP contribution in [0.4, 0.5) is 5.69 Å². The predicted octanol–water partition coefficient (Wildman–Crippen LogP) is 4.34. The largest absolute Gasteiger partial charge is 0.494 e. The van der Waals surface area contributed by atoms with Gasteiger partial charge in [-0.15, -0.1) is 0 Å². The smallest absolute Gasteiger partial charge is 0.303 e. The molecule has 0 unspecified atom stereocenters. The average molecular weight is 336 g/mol. The van der Waals surface area contributed by atoms with Crippen LogP contribution in [-0.4, -0.2) is 27.4 Å². The Bertz CT molecular complexity index is 924. The van der Waals surface area contributed by atoms with Crippen LogP contribution in [0.15, 0.2) is 47.5 Å². The van der Waals surface area contributed by atoms with Crippen molar-refractivity contribution in [3.05, 3.63) is 59.2 Å². The third kappa shape index (κ3) is 3.88. The minimum Gasteiger partial charge on any atom is -0.494 e. The van der Waals surface area contributed by atoms with Gasteiger partial charge >= 0.3 is 5.97 Å². The summed E-state index contributed by atoms with van der Waals surface area (Å²) in [4.78, 5) is 18.0. The first-order valence-electron chi connectivity index (χ1n) is 8.19. The predicted molar refractivity (Wildman–Crippen MR) is 99.0 cm³/mol. The van der Waals surface area contributed by atoms with Crippen molar-refractivity contribution in [1.82, 2.24) is 4.98 Å². The summed E-state index contributed by atoms with van der Waals surface area (Å²) in [7, 11) is 0. The van der Waals surface area contributed by atoms with Crippen LogP contribution in [0.5, 0.6) is 5.88 Å². The van der Waals surface area contributed by atoms with E-state index in [1.54, 1.807) is 6.21 Å². The maximum Gasteiger partial charge on any atom is 0.303 e. The van der Waals surface area contributed by atoms with Crippen molar-refractivity contribution in [2.45, 2.75) is 26.2 Å². The van der Waals surface area contributed by atoms with Crippen molar-refractivity contribution in [2.75, 3.05) is 0 Å². The lowest BCUT2D eigenvalue weighted by Gasteiger charge is -2.01. The molecule has 0 saturated heterocycles. The summed E-state index contributed by atoms with van der Waals surface area (Å²) in [5.41, 5.74) is 4.51. The number of aromatic nitrogens is 1. The van der Waals surface area contributed by atoms with Gasteiger partial charge in [0.2, 0.25) is 0 Å². The van der Waals surface area contributed by atoms with E-state index in [0.29, 0.717) is 12.0 Å². The van der Waals surface area contributed by atoms with Crippen molar-refractivity contribution >= 4 is 28.8 Å². The van der Waals surface area contributed by atoms with Gasteiger partial charge in [-0.3, -0.25) is 9.79 Å². The Morgan fingerprint density at radius 2 is 1.96 bits per heavy atom. The highest BCUT2D eigenvalue weighted by atomic mass is 16.4. The molecule has 0 bridgehead atoms. The van der Waals surface area contributed by atoms with Crippen LogP contribution in [0.3, 0.4) is 0 Å². The second kappa shape index (κ2) is 7.21. The van der Waals surface area contributed by atoms with Crippen LogP contribution in [0.1, 0.15) is 29.5 Å². The Morgan fingerprint density at radius 1 is 1.20 bits per heavy atom. The number of carboxylic acids is 1. The topological polar surface area (TPSA) is 85.7 Å². The molecule has 3 aromatic rings. The first kappa shape index (κ1) is 16.8. The van der Waals surface area contributed by atoms with Gasteiger partial charge in [-0.25, -0.2) is 0 Å². The third-order valence-corrected chi connectivity index (χ3v) is 4.19. The molecule has 3 rings (SSSR count). The number of carboxylic acid groups (broad SMARTS) is 1. The van der Waals surface area contributed by atoms with E-state index < -0.39 is 5.97 Å². The number of aliphatic carboxylic acids is 1. The fourth-order valence-corrected chi connectivity index (χ4v) is 2.90. The number of aromatic hydroxyl groups is 1. The zero-order valence-electron chi connectivity index (χ0n) is 14.0. The maximum atomic E-state index is 10.5. The number of rotatable bonds is 6. The molecule has 128 valence electrons. The number of carbonyl (C=O) groups is 1. The molecular formula is C20H20N2O3. The third-order valence-electron chi connectivity index (χ3n) is 4.19.